The van der Waals surface area contributed by atoms with E-state index in [0.29, 0.717) is 0 Å². The maximum atomic E-state index is 4.65. The lowest BCUT2D eigenvalue weighted by Gasteiger charge is -2.10. The predicted octanol–water partition coefficient (Wildman–Crippen LogP) is 4.46. The summed E-state index contributed by atoms with van der Waals surface area (Å²) in [5.41, 5.74) is 3.64. The lowest BCUT2D eigenvalue weighted by molar-refractivity contribution is 1.13. The molecular weight excluding hydrogens is 218 g/mol. The molecule has 0 saturated heterocycles. The second-order valence-corrected chi connectivity index (χ2v) is 4.39. The fourth-order valence-electron chi connectivity index (χ4n) is 2.43. The van der Waals surface area contributed by atoms with Gasteiger partial charge in [0.1, 0.15) is 0 Å². The molecule has 88 valence electrons. The van der Waals surface area contributed by atoms with Crippen molar-refractivity contribution in [3.05, 3.63) is 66.4 Å². The molecule has 0 amide bonds. The highest BCUT2D eigenvalue weighted by Gasteiger charge is 2.08. The van der Waals surface area contributed by atoms with Crippen molar-refractivity contribution in [2.24, 2.45) is 0 Å². The molecule has 0 aliphatic rings. The molecule has 0 bridgehead atoms. The van der Waals surface area contributed by atoms with Gasteiger partial charge >= 0.3 is 0 Å². The zero-order chi connectivity index (χ0) is 12.4. The van der Waals surface area contributed by atoms with Gasteiger partial charge in [-0.15, -0.1) is 0 Å². The van der Waals surface area contributed by atoms with Crippen molar-refractivity contribution in [3.8, 4) is 11.3 Å². The second kappa shape index (κ2) is 4.61. The minimum atomic E-state index is 0.999. The molecule has 0 aliphatic heterocycles. The summed E-state index contributed by atoms with van der Waals surface area (Å²) in [4.78, 5) is 4.65. The fourth-order valence-corrected chi connectivity index (χ4v) is 2.43. The number of hydrogen-bond donors (Lipinski definition) is 0. The van der Waals surface area contributed by atoms with Crippen molar-refractivity contribution >= 4 is 10.8 Å². The molecule has 2 aromatic carbocycles. The summed E-state index contributed by atoms with van der Waals surface area (Å²) >= 11 is 0. The molecule has 3 rings (SSSR count). The molecule has 0 spiro atoms. The van der Waals surface area contributed by atoms with E-state index in [1.165, 1.54) is 21.9 Å². The van der Waals surface area contributed by atoms with Crippen molar-refractivity contribution in [1.29, 1.82) is 0 Å². The molecule has 0 aliphatic carbocycles. The van der Waals surface area contributed by atoms with Crippen LogP contribution in [0.3, 0.4) is 0 Å². The molecule has 1 heterocycles. The van der Waals surface area contributed by atoms with Crippen molar-refractivity contribution < 1.29 is 0 Å². The first-order chi connectivity index (χ1) is 8.90. The largest absolute Gasteiger partial charge is 0.255 e. The fraction of sp³-hybridized carbons (Fsp3) is 0.118. The maximum Gasteiger partial charge on any atom is 0.0740 e. The Kier molecular flexibility index (Phi) is 2.81. The Balaban J connectivity index is 2.31. The van der Waals surface area contributed by atoms with Gasteiger partial charge in [0.15, 0.2) is 0 Å². The topological polar surface area (TPSA) is 12.9 Å². The average Bonchev–Trinajstić information content (AvgIpc) is 2.47. The van der Waals surface area contributed by atoms with E-state index in [1.54, 1.807) is 0 Å². The third-order valence-corrected chi connectivity index (χ3v) is 3.31. The molecule has 0 N–H and O–H groups in total. The monoisotopic (exact) mass is 233 g/mol. The molecule has 18 heavy (non-hydrogen) atoms. The van der Waals surface area contributed by atoms with Gasteiger partial charge in [0.05, 0.1) is 5.69 Å². The standard InChI is InChI=1S/C17H15N/c1-2-15-16-11-7-6-10-14(16)12-18-17(15)13-8-4-3-5-9-13/h3-12H,2H2,1H3. The van der Waals surface area contributed by atoms with Crippen LogP contribution in [0.15, 0.2) is 60.8 Å². The molecule has 0 saturated carbocycles. The Labute approximate surface area is 107 Å². The van der Waals surface area contributed by atoms with E-state index in [9.17, 15) is 0 Å². The van der Waals surface area contributed by atoms with Crippen LogP contribution in [0.4, 0.5) is 0 Å². The second-order valence-electron chi connectivity index (χ2n) is 4.39. The minimum Gasteiger partial charge on any atom is -0.255 e. The van der Waals surface area contributed by atoms with Crippen LogP contribution in [0.1, 0.15) is 12.5 Å². The van der Waals surface area contributed by atoms with Gasteiger partial charge in [0, 0.05) is 17.1 Å². The smallest absolute Gasteiger partial charge is 0.0740 e. The molecule has 1 heteroatoms. The average molecular weight is 233 g/mol. The van der Waals surface area contributed by atoms with Crippen LogP contribution in [0.5, 0.6) is 0 Å². The van der Waals surface area contributed by atoms with Gasteiger partial charge in [-0.05, 0) is 17.4 Å². The zero-order valence-corrected chi connectivity index (χ0v) is 10.4. The number of hydrogen-bond acceptors (Lipinski definition) is 1. The van der Waals surface area contributed by atoms with Gasteiger partial charge < -0.3 is 0 Å². The number of rotatable bonds is 2. The third-order valence-electron chi connectivity index (χ3n) is 3.31. The molecule has 3 aromatic rings. The highest BCUT2D eigenvalue weighted by molar-refractivity contribution is 5.89. The summed E-state index contributed by atoms with van der Waals surface area (Å²) in [5.74, 6) is 0. The molecule has 0 radical (unpaired) electrons. The van der Waals surface area contributed by atoms with Gasteiger partial charge in [0.2, 0.25) is 0 Å². The number of pyridine rings is 1. The number of aromatic nitrogens is 1. The van der Waals surface area contributed by atoms with E-state index in [1.807, 2.05) is 12.3 Å². The van der Waals surface area contributed by atoms with Gasteiger partial charge in [-0.3, -0.25) is 4.98 Å². The highest BCUT2D eigenvalue weighted by atomic mass is 14.7. The molecule has 1 nitrogen and oxygen atoms in total. The van der Waals surface area contributed by atoms with Crippen LogP contribution < -0.4 is 0 Å². The van der Waals surface area contributed by atoms with Crippen LogP contribution >= 0.6 is 0 Å². The molecular formula is C17H15N. The highest BCUT2D eigenvalue weighted by Crippen LogP contribution is 2.28. The van der Waals surface area contributed by atoms with Gasteiger partial charge in [-0.25, -0.2) is 0 Å². The Morgan fingerprint density at radius 3 is 2.39 bits per heavy atom. The van der Waals surface area contributed by atoms with E-state index in [-0.39, 0.29) is 0 Å². The van der Waals surface area contributed by atoms with E-state index in [4.69, 9.17) is 0 Å². The molecule has 0 atom stereocenters. The minimum absolute atomic E-state index is 0.999. The van der Waals surface area contributed by atoms with Crippen molar-refractivity contribution in [2.75, 3.05) is 0 Å². The summed E-state index contributed by atoms with van der Waals surface area (Å²) < 4.78 is 0. The van der Waals surface area contributed by atoms with E-state index in [0.717, 1.165) is 12.1 Å². The Hall–Kier alpha value is -2.15. The van der Waals surface area contributed by atoms with Crippen molar-refractivity contribution in [1.82, 2.24) is 4.98 Å². The van der Waals surface area contributed by atoms with E-state index >= 15 is 0 Å². The number of benzene rings is 2. The van der Waals surface area contributed by atoms with Crippen LogP contribution in [-0.2, 0) is 6.42 Å². The summed E-state index contributed by atoms with van der Waals surface area (Å²) in [7, 11) is 0. The SMILES string of the molecule is CCc1c(-c2ccccc2)ncc2ccccc12. The van der Waals surface area contributed by atoms with Crippen LogP contribution in [0.2, 0.25) is 0 Å². The summed E-state index contributed by atoms with van der Waals surface area (Å²) in [6.45, 7) is 2.19. The summed E-state index contributed by atoms with van der Waals surface area (Å²) in [5, 5.41) is 2.53. The van der Waals surface area contributed by atoms with Crippen LogP contribution in [-0.4, -0.2) is 4.98 Å². The number of fused-ring (bicyclic) bond motifs is 1. The van der Waals surface area contributed by atoms with Gasteiger partial charge in [0.25, 0.3) is 0 Å². The normalized spacial score (nSPS) is 10.7. The molecule has 0 unspecified atom stereocenters. The van der Waals surface area contributed by atoms with Gasteiger partial charge in [-0.1, -0.05) is 61.5 Å². The van der Waals surface area contributed by atoms with E-state index in [2.05, 4.69) is 60.4 Å². The quantitative estimate of drug-likeness (QED) is 0.636. The zero-order valence-electron chi connectivity index (χ0n) is 10.4. The van der Waals surface area contributed by atoms with Crippen LogP contribution in [0, 0.1) is 0 Å². The lowest BCUT2D eigenvalue weighted by atomic mass is 9.98. The van der Waals surface area contributed by atoms with E-state index < -0.39 is 0 Å². The van der Waals surface area contributed by atoms with Crippen LogP contribution in [0.25, 0.3) is 22.0 Å². The maximum absolute atomic E-state index is 4.65. The predicted molar refractivity (Wildman–Crippen MR) is 76.6 cm³/mol. The number of nitrogens with zero attached hydrogens (tertiary/aromatic N) is 1. The third kappa shape index (κ3) is 1.78. The summed E-state index contributed by atoms with van der Waals surface area (Å²) in [6.07, 6.45) is 2.97. The molecule has 0 fully saturated rings. The lowest BCUT2D eigenvalue weighted by Crippen LogP contribution is -1.93. The number of aryl methyl sites for hydroxylation is 1. The Morgan fingerprint density at radius 2 is 1.61 bits per heavy atom. The summed E-state index contributed by atoms with van der Waals surface area (Å²) in [6, 6.07) is 18.9. The van der Waals surface area contributed by atoms with Crippen molar-refractivity contribution in [2.45, 2.75) is 13.3 Å². The Bertz CT molecular complexity index is 672. The van der Waals surface area contributed by atoms with Crippen molar-refractivity contribution in [3.63, 3.8) is 0 Å². The van der Waals surface area contributed by atoms with Gasteiger partial charge in [-0.2, -0.15) is 0 Å². The first-order valence-corrected chi connectivity index (χ1v) is 6.32. The Morgan fingerprint density at radius 1 is 0.889 bits per heavy atom. The first-order valence-electron chi connectivity index (χ1n) is 6.32. The first kappa shape index (κ1) is 11.0. The molecule has 1 aromatic heterocycles.